The van der Waals surface area contributed by atoms with Crippen LogP contribution in [0.1, 0.15) is 27.7 Å². The zero-order chi connectivity index (χ0) is 16.8. The van der Waals surface area contributed by atoms with Crippen LogP contribution in [0.15, 0.2) is 30.5 Å². The molecule has 0 bridgehead atoms. The molecular formula is C17H23BN2O3. The van der Waals surface area contributed by atoms with Crippen molar-refractivity contribution in [3.8, 4) is 17.0 Å². The first kappa shape index (κ1) is 16.1. The van der Waals surface area contributed by atoms with Gasteiger partial charge in [-0.1, -0.05) is 6.07 Å². The Hall–Kier alpha value is -1.79. The van der Waals surface area contributed by atoms with E-state index in [0.29, 0.717) is 0 Å². The fourth-order valence-corrected chi connectivity index (χ4v) is 2.61. The van der Waals surface area contributed by atoms with E-state index >= 15 is 0 Å². The van der Waals surface area contributed by atoms with Crippen molar-refractivity contribution in [3.05, 3.63) is 30.5 Å². The van der Waals surface area contributed by atoms with Crippen LogP contribution < -0.4 is 10.2 Å². The molecule has 2 heterocycles. The molecule has 122 valence electrons. The van der Waals surface area contributed by atoms with E-state index in [2.05, 4.69) is 32.8 Å². The van der Waals surface area contributed by atoms with Gasteiger partial charge in [-0.15, -0.1) is 0 Å². The van der Waals surface area contributed by atoms with Crippen LogP contribution in [0.4, 0.5) is 0 Å². The van der Waals surface area contributed by atoms with Crippen molar-refractivity contribution in [2.75, 3.05) is 7.11 Å². The Kier molecular flexibility index (Phi) is 3.77. The molecule has 0 unspecified atom stereocenters. The predicted octanol–water partition coefficient (Wildman–Crippen LogP) is 2.39. The minimum atomic E-state index is -0.395. The highest BCUT2D eigenvalue weighted by atomic mass is 16.7. The summed E-state index contributed by atoms with van der Waals surface area (Å²) in [6, 6.07) is 7.91. The fraction of sp³-hybridized carbons (Fsp3) is 0.471. The van der Waals surface area contributed by atoms with Gasteiger partial charge in [0.1, 0.15) is 5.75 Å². The number of nitrogens with zero attached hydrogens (tertiary/aromatic N) is 2. The number of benzene rings is 1. The van der Waals surface area contributed by atoms with Crippen molar-refractivity contribution >= 4 is 12.6 Å². The first-order valence-corrected chi connectivity index (χ1v) is 7.77. The van der Waals surface area contributed by atoms with Gasteiger partial charge in [0.25, 0.3) is 0 Å². The van der Waals surface area contributed by atoms with Crippen molar-refractivity contribution in [3.63, 3.8) is 0 Å². The van der Waals surface area contributed by atoms with Crippen molar-refractivity contribution in [1.82, 2.24) is 9.78 Å². The number of hydrogen-bond acceptors (Lipinski definition) is 4. The number of aryl methyl sites for hydroxylation is 1. The highest BCUT2D eigenvalue weighted by Gasteiger charge is 2.51. The summed E-state index contributed by atoms with van der Waals surface area (Å²) < 4.78 is 19.5. The van der Waals surface area contributed by atoms with Crippen LogP contribution in [0.3, 0.4) is 0 Å². The lowest BCUT2D eigenvalue weighted by Crippen LogP contribution is -2.41. The summed E-state index contributed by atoms with van der Waals surface area (Å²) in [7, 11) is 3.16. The molecular weight excluding hydrogens is 291 g/mol. The predicted molar refractivity (Wildman–Crippen MR) is 90.9 cm³/mol. The first-order valence-electron chi connectivity index (χ1n) is 7.77. The van der Waals surface area contributed by atoms with Crippen LogP contribution in [0.25, 0.3) is 11.3 Å². The Morgan fingerprint density at radius 1 is 1.09 bits per heavy atom. The standard InChI is InChI=1S/C17H23BN2O3/c1-16(2)17(3,4)23-18(22-16)12-7-8-15(21-6)13(11-12)14-9-10-20(5)19-14/h7-11H,1-6H3. The molecule has 1 fully saturated rings. The quantitative estimate of drug-likeness (QED) is 0.816. The van der Waals surface area contributed by atoms with Crippen LogP contribution in [-0.2, 0) is 16.4 Å². The Labute approximate surface area is 137 Å². The summed E-state index contributed by atoms with van der Waals surface area (Å²) in [5.74, 6) is 0.781. The van der Waals surface area contributed by atoms with Gasteiger partial charge < -0.3 is 14.0 Å². The molecule has 0 atom stereocenters. The van der Waals surface area contributed by atoms with Gasteiger partial charge in [0.15, 0.2) is 0 Å². The first-order chi connectivity index (χ1) is 10.7. The van der Waals surface area contributed by atoms with E-state index in [9.17, 15) is 0 Å². The summed E-state index contributed by atoms with van der Waals surface area (Å²) in [6.07, 6.45) is 1.91. The highest BCUT2D eigenvalue weighted by molar-refractivity contribution is 6.62. The molecule has 1 aromatic carbocycles. The average molecular weight is 314 g/mol. The Balaban J connectivity index is 1.99. The number of methoxy groups -OCH3 is 1. The minimum absolute atomic E-state index is 0.358. The minimum Gasteiger partial charge on any atom is -0.496 e. The molecule has 0 radical (unpaired) electrons. The highest BCUT2D eigenvalue weighted by Crippen LogP contribution is 2.37. The molecule has 3 rings (SSSR count). The number of hydrogen-bond donors (Lipinski definition) is 0. The van der Waals surface area contributed by atoms with Crippen LogP contribution >= 0.6 is 0 Å². The molecule has 0 saturated carbocycles. The molecule has 0 spiro atoms. The largest absolute Gasteiger partial charge is 0.496 e. The maximum Gasteiger partial charge on any atom is 0.494 e. The second kappa shape index (κ2) is 5.39. The lowest BCUT2D eigenvalue weighted by atomic mass is 9.78. The van der Waals surface area contributed by atoms with E-state index in [-0.39, 0.29) is 11.2 Å². The van der Waals surface area contributed by atoms with Gasteiger partial charge in [0.05, 0.1) is 24.0 Å². The molecule has 1 saturated heterocycles. The van der Waals surface area contributed by atoms with Gasteiger partial charge in [-0.25, -0.2) is 0 Å². The maximum absolute atomic E-state index is 6.13. The fourth-order valence-electron chi connectivity index (χ4n) is 2.61. The molecule has 6 heteroatoms. The average Bonchev–Trinajstić information content (AvgIpc) is 3.00. The Morgan fingerprint density at radius 2 is 1.74 bits per heavy atom. The third-order valence-electron chi connectivity index (χ3n) is 4.74. The summed E-state index contributed by atoms with van der Waals surface area (Å²) in [5, 5.41) is 4.47. The number of aromatic nitrogens is 2. The van der Waals surface area contributed by atoms with Crippen molar-refractivity contribution < 1.29 is 14.0 Å². The Morgan fingerprint density at radius 3 is 2.26 bits per heavy atom. The van der Waals surface area contributed by atoms with Crippen LogP contribution in [0.5, 0.6) is 5.75 Å². The molecule has 1 aliphatic heterocycles. The molecule has 2 aromatic rings. The van der Waals surface area contributed by atoms with Crippen LogP contribution in [0.2, 0.25) is 0 Å². The van der Waals surface area contributed by atoms with E-state index in [0.717, 1.165) is 22.5 Å². The summed E-state index contributed by atoms with van der Waals surface area (Å²) in [5.41, 5.74) is 2.04. The molecule has 0 N–H and O–H groups in total. The van der Waals surface area contributed by atoms with E-state index in [1.165, 1.54) is 0 Å². The molecule has 0 amide bonds. The van der Waals surface area contributed by atoms with Crippen LogP contribution in [-0.4, -0.2) is 35.2 Å². The summed E-state index contributed by atoms with van der Waals surface area (Å²) in [6.45, 7) is 8.21. The van der Waals surface area contributed by atoms with Gasteiger partial charge in [-0.2, -0.15) is 5.10 Å². The van der Waals surface area contributed by atoms with Gasteiger partial charge in [0, 0.05) is 18.8 Å². The van der Waals surface area contributed by atoms with E-state index in [1.807, 2.05) is 37.5 Å². The molecule has 1 aliphatic rings. The maximum atomic E-state index is 6.13. The van der Waals surface area contributed by atoms with E-state index < -0.39 is 7.12 Å². The zero-order valence-electron chi connectivity index (χ0n) is 14.6. The second-order valence-electron chi connectivity index (χ2n) is 6.92. The monoisotopic (exact) mass is 314 g/mol. The number of rotatable bonds is 3. The van der Waals surface area contributed by atoms with Gasteiger partial charge in [-0.3, -0.25) is 4.68 Å². The lowest BCUT2D eigenvalue weighted by molar-refractivity contribution is 0.00578. The van der Waals surface area contributed by atoms with Crippen molar-refractivity contribution in [2.24, 2.45) is 7.05 Å². The zero-order valence-corrected chi connectivity index (χ0v) is 14.6. The number of ether oxygens (including phenoxy) is 1. The van der Waals surface area contributed by atoms with Gasteiger partial charge in [0.2, 0.25) is 0 Å². The smallest absolute Gasteiger partial charge is 0.494 e. The molecule has 1 aromatic heterocycles. The lowest BCUT2D eigenvalue weighted by Gasteiger charge is -2.32. The van der Waals surface area contributed by atoms with Gasteiger partial charge in [-0.05, 0) is 51.4 Å². The van der Waals surface area contributed by atoms with E-state index in [4.69, 9.17) is 14.0 Å². The second-order valence-corrected chi connectivity index (χ2v) is 6.92. The normalized spacial score (nSPS) is 19.1. The summed E-state index contributed by atoms with van der Waals surface area (Å²) >= 11 is 0. The summed E-state index contributed by atoms with van der Waals surface area (Å²) in [4.78, 5) is 0. The third kappa shape index (κ3) is 2.77. The van der Waals surface area contributed by atoms with Crippen molar-refractivity contribution in [2.45, 2.75) is 38.9 Å². The molecule has 23 heavy (non-hydrogen) atoms. The molecule has 0 aliphatic carbocycles. The third-order valence-corrected chi connectivity index (χ3v) is 4.74. The molecule has 5 nitrogen and oxygen atoms in total. The topological polar surface area (TPSA) is 45.5 Å². The van der Waals surface area contributed by atoms with Gasteiger partial charge >= 0.3 is 7.12 Å². The van der Waals surface area contributed by atoms with Crippen LogP contribution in [0, 0.1) is 0 Å². The SMILES string of the molecule is COc1ccc(B2OC(C)(C)C(C)(C)O2)cc1-c1ccn(C)n1. The van der Waals surface area contributed by atoms with Crippen molar-refractivity contribution in [1.29, 1.82) is 0 Å². The van der Waals surface area contributed by atoms with E-state index in [1.54, 1.807) is 11.8 Å². The Bertz CT molecular complexity index is 708.